The summed E-state index contributed by atoms with van der Waals surface area (Å²) in [5, 5.41) is 0. The van der Waals surface area contributed by atoms with E-state index >= 15 is 0 Å². The number of allylic oxidation sites excluding steroid dienone is 16. The summed E-state index contributed by atoms with van der Waals surface area (Å²) in [6.07, 6.45) is 96.0. The summed E-state index contributed by atoms with van der Waals surface area (Å²) < 4.78 is 16.9. The number of esters is 3. The van der Waals surface area contributed by atoms with Crippen molar-refractivity contribution in [3.63, 3.8) is 0 Å². The summed E-state index contributed by atoms with van der Waals surface area (Å²) in [5.74, 6) is -0.928. The maximum absolute atomic E-state index is 12.9. The van der Waals surface area contributed by atoms with Gasteiger partial charge in [-0.2, -0.15) is 0 Å². The minimum atomic E-state index is -0.802. The Morgan fingerprint density at radius 3 is 0.807 bits per heavy atom. The molecule has 0 radical (unpaired) electrons. The lowest BCUT2D eigenvalue weighted by atomic mass is 10.0. The van der Waals surface area contributed by atoms with Gasteiger partial charge in [0, 0.05) is 19.3 Å². The lowest BCUT2D eigenvalue weighted by Crippen LogP contribution is -2.30. The Labute approximate surface area is 515 Å². The average molecular weight is 1160 g/mol. The zero-order valence-electron chi connectivity index (χ0n) is 54.9. The first kappa shape index (κ1) is 79.3. The summed E-state index contributed by atoms with van der Waals surface area (Å²) in [7, 11) is 0. The zero-order chi connectivity index (χ0) is 59.9. The summed E-state index contributed by atoms with van der Waals surface area (Å²) in [6.45, 7) is 6.46. The van der Waals surface area contributed by atoms with Crippen molar-refractivity contribution in [2.75, 3.05) is 13.2 Å². The van der Waals surface area contributed by atoms with Crippen LogP contribution in [0, 0.1) is 0 Å². The van der Waals surface area contributed by atoms with Gasteiger partial charge in [-0.25, -0.2) is 0 Å². The van der Waals surface area contributed by atoms with E-state index in [9.17, 15) is 14.4 Å². The summed E-state index contributed by atoms with van der Waals surface area (Å²) in [6, 6.07) is 0. The monoisotopic (exact) mass is 1160 g/mol. The van der Waals surface area contributed by atoms with Crippen LogP contribution in [0.3, 0.4) is 0 Å². The molecule has 83 heavy (non-hydrogen) atoms. The van der Waals surface area contributed by atoms with Gasteiger partial charge >= 0.3 is 17.9 Å². The van der Waals surface area contributed by atoms with Crippen LogP contribution >= 0.6 is 0 Å². The number of carbonyl (C=O) groups is 3. The number of carbonyl (C=O) groups excluding carboxylic acids is 3. The van der Waals surface area contributed by atoms with Crippen LogP contribution in [-0.4, -0.2) is 37.2 Å². The van der Waals surface area contributed by atoms with Crippen LogP contribution in [0.2, 0.25) is 0 Å². The zero-order valence-corrected chi connectivity index (χ0v) is 54.9. The molecule has 6 heteroatoms. The van der Waals surface area contributed by atoms with Gasteiger partial charge in [-0.05, 0) is 116 Å². The number of hydrogen-bond donors (Lipinski definition) is 0. The molecule has 1 atom stereocenters. The number of rotatable bonds is 65. The average Bonchev–Trinajstić information content (AvgIpc) is 3.49. The van der Waals surface area contributed by atoms with E-state index in [1.807, 2.05) is 0 Å². The SMILES string of the molecule is CC/C=C\C/C=C\C/C=C\C/C=C\C/C=C\CCCCCC(=O)OC(COC(=O)CCCCCCC/C=C\C/C=C\CCC)COC(=O)CCCCCCCCCCCCCCCCCCCCCCC/C=C\CCCCCCCCCC. The van der Waals surface area contributed by atoms with Crippen LogP contribution in [0.25, 0.3) is 0 Å². The van der Waals surface area contributed by atoms with E-state index in [-0.39, 0.29) is 37.5 Å². The molecule has 0 bridgehead atoms. The predicted octanol–water partition coefficient (Wildman–Crippen LogP) is 24.8. The standard InChI is InChI=1S/C77H134O6/c1-4-7-10-13-16-19-22-25-27-29-31-32-33-34-35-36-37-38-39-40-41-42-43-44-46-47-49-52-55-58-61-64-67-70-76(79)82-73-74(72-81-75(78)69-66-63-60-57-54-51-24-21-18-15-12-9-6-3)83-77(80)71-68-65-62-59-56-53-50-48-45-30-28-26-23-20-17-14-11-8-5-2/h8,11-12,15,17,20-21,24,26,28-29,31,45,48,53,56,74H,4-7,9-10,13-14,16,18-19,22-23,25,27,30,32-44,46-47,49-52,54-55,57-73H2,1-3H3/b11-8-,15-12-,20-17-,24-21-,28-26-,31-29-,48-45-,56-53-. The third-order valence-electron chi connectivity index (χ3n) is 15.5. The summed E-state index contributed by atoms with van der Waals surface area (Å²) in [4.78, 5) is 38.4. The molecule has 0 aliphatic carbocycles. The Bertz CT molecular complexity index is 1610. The van der Waals surface area contributed by atoms with Crippen LogP contribution in [-0.2, 0) is 28.6 Å². The maximum atomic E-state index is 12.9. The van der Waals surface area contributed by atoms with Crippen molar-refractivity contribution < 1.29 is 28.6 Å². The first-order chi connectivity index (χ1) is 41.0. The lowest BCUT2D eigenvalue weighted by Gasteiger charge is -2.18. The number of unbranched alkanes of at least 4 members (excludes halogenated alkanes) is 38. The van der Waals surface area contributed by atoms with Crippen molar-refractivity contribution in [2.45, 2.75) is 361 Å². The highest BCUT2D eigenvalue weighted by molar-refractivity contribution is 5.71. The van der Waals surface area contributed by atoms with Crippen LogP contribution in [0.5, 0.6) is 0 Å². The Hall–Kier alpha value is -3.67. The predicted molar refractivity (Wildman–Crippen MR) is 362 cm³/mol. The van der Waals surface area contributed by atoms with E-state index in [1.54, 1.807) is 0 Å². The Balaban J connectivity index is 4.19. The van der Waals surface area contributed by atoms with Crippen LogP contribution in [0.1, 0.15) is 355 Å². The lowest BCUT2D eigenvalue weighted by molar-refractivity contribution is -0.167. The van der Waals surface area contributed by atoms with Gasteiger partial charge in [0.25, 0.3) is 0 Å². The second kappa shape index (κ2) is 70.8. The van der Waals surface area contributed by atoms with Gasteiger partial charge < -0.3 is 14.2 Å². The Morgan fingerprint density at radius 1 is 0.253 bits per heavy atom. The molecule has 0 rings (SSSR count). The van der Waals surface area contributed by atoms with Crippen molar-refractivity contribution >= 4 is 17.9 Å². The second-order valence-electron chi connectivity index (χ2n) is 23.8. The molecule has 0 saturated carbocycles. The molecule has 0 aromatic carbocycles. The van der Waals surface area contributed by atoms with E-state index in [0.717, 1.165) is 128 Å². The smallest absolute Gasteiger partial charge is 0.306 e. The van der Waals surface area contributed by atoms with E-state index in [1.165, 1.54) is 186 Å². The largest absolute Gasteiger partial charge is 0.462 e. The second-order valence-corrected chi connectivity index (χ2v) is 23.8. The summed E-state index contributed by atoms with van der Waals surface area (Å²) in [5.41, 5.74) is 0. The fourth-order valence-corrected chi connectivity index (χ4v) is 10.2. The van der Waals surface area contributed by atoms with Gasteiger partial charge in [0.2, 0.25) is 0 Å². The molecule has 0 aliphatic rings. The fourth-order valence-electron chi connectivity index (χ4n) is 10.2. The maximum Gasteiger partial charge on any atom is 0.306 e. The first-order valence-corrected chi connectivity index (χ1v) is 35.7. The number of hydrogen-bond acceptors (Lipinski definition) is 6. The van der Waals surface area contributed by atoms with Crippen molar-refractivity contribution in [1.29, 1.82) is 0 Å². The molecular formula is C77H134O6. The van der Waals surface area contributed by atoms with E-state index < -0.39 is 6.10 Å². The summed E-state index contributed by atoms with van der Waals surface area (Å²) >= 11 is 0. The molecule has 0 heterocycles. The van der Waals surface area contributed by atoms with Gasteiger partial charge in [0.05, 0.1) is 0 Å². The molecule has 0 N–H and O–H groups in total. The highest BCUT2D eigenvalue weighted by atomic mass is 16.6. The molecule has 0 amide bonds. The molecule has 0 saturated heterocycles. The highest BCUT2D eigenvalue weighted by Crippen LogP contribution is 2.18. The normalized spacial score (nSPS) is 12.7. The van der Waals surface area contributed by atoms with E-state index in [2.05, 4.69) is 118 Å². The van der Waals surface area contributed by atoms with Crippen molar-refractivity contribution in [3.8, 4) is 0 Å². The third kappa shape index (κ3) is 69.0. The van der Waals surface area contributed by atoms with Crippen LogP contribution in [0.15, 0.2) is 97.2 Å². The molecule has 0 aromatic heterocycles. The van der Waals surface area contributed by atoms with Gasteiger partial charge in [-0.15, -0.1) is 0 Å². The minimum absolute atomic E-state index is 0.0935. The molecule has 0 fully saturated rings. The molecule has 0 aromatic rings. The topological polar surface area (TPSA) is 78.9 Å². The highest BCUT2D eigenvalue weighted by Gasteiger charge is 2.19. The van der Waals surface area contributed by atoms with Gasteiger partial charge in [-0.1, -0.05) is 317 Å². The van der Waals surface area contributed by atoms with Gasteiger partial charge in [-0.3, -0.25) is 14.4 Å². The molecule has 6 nitrogen and oxygen atoms in total. The molecule has 0 aliphatic heterocycles. The van der Waals surface area contributed by atoms with Gasteiger partial charge in [0.1, 0.15) is 13.2 Å². The first-order valence-electron chi connectivity index (χ1n) is 35.7. The van der Waals surface area contributed by atoms with Crippen LogP contribution < -0.4 is 0 Å². The van der Waals surface area contributed by atoms with E-state index in [0.29, 0.717) is 12.8 Å². The van der Waals surface area contributed by atoms with Gasteiger partial charge in [0.15, 0.2) is 6.10 Å². The van der Waals surface area contributed by atoms with Crippen molar-refractivity contribution in [1.82, 2.24) is 0 Å². The minimum Gasteiger partial charge on any atom is -0.462 e. The third-order valence-corrected chi connectivity index (χ3v) is 15.5. The molecule has 0 spiro atoms. The van der Waals surface area contributed by atoms with Crippen molar-refractivity contribution in [2.24, 2.45) is 0 Å². The molecule has 1 unspecified atom stereocenters. The number of ether oxygens (including phenoxy) is 3. The van der Waals surface area contributed by atoms with Crippen LogP contribution in [0.4, 0.5) is 0 Å². The quantitative estimate of drug-likeness (QED) is 0.0261. The molecule has 478 valence electrons. The fraction of sp³-hybridized carbons (Fsp3) is 0.753. The Morgan fingerprint density at radius 2 is 0.494 bits per heavy atom. The molecular weight excluding hydrogens is 1020 g/mol. The van der Waals surface area contributed by atoms with Crippen molar-refractivity contribution in [3.05, 3.63) is 97.2 Å². The van der Waals surface area contributed by atoms with E-state index in [4.69, 9.17) is 14.2 Å². The Kier molecular flexibility index (Phi) is 67.7.